The Morgan fingerprint density at radius 2 is 2.12 bits per heavy atom. The molecule has 0 aromatic carbocycles. The summed E-state index contributed by atoms with van der Waals surface area (Å²) in [5, 5.41) is 4.60. The van der Waals surface area contributed by atoms with Crippen molar-refractivity contribution < 1.29 is 0 Å². The van der Waals surface area contributed by atoms with E-state index in [0.29, 0.717) is 0 Å². The minimum Gasteiger partial charge on any atom is -0.325 e. The van der Waals surface area contributed by atoms with Crippen LogP contribution in [0.3, 0.4) is 0 Å². The maximum Gasteiger partial charge on any atom is 0.0766 e. The van der Waals surface area contributed by atoms with Crippen LogP contribution in [0.5, 0.6) is 0 Å². The lowest BCUT2D eigenvalue weighted by Gasteiger charge is -2.38. The van der Waals surface area contributed by atoms with Crippen LogP contribution in [-0.4, -0.2) is 15.3 Å². The van der Waals surface area contributed by atoms with Gasteiger partial charge in [0.05, 0.1) is 15.9 Å². The average molecular weight is 286 g/mol. The van der Waals surface area contributed by atoms with Gasteiger partial charge < -0.3 is 5.73 Å². The van der Waals surface area contributed by atoms with Gasteiger partial charge in [0.1, 0.15) is 0 Å². The van der Waals surface area contributed by atoms with Crippen molar-refractivity contribution in [2.75, 3.05) is 0 Å². The van der Waals surface area contributed by atoms with Gasteiger partial charge in [-0.25, -0.2) is 0 Å². The molecular weight excluding hydrogens is 266 g/mol. The zero-order chi connectivity index (χ0) is 11.8. The van der Waals surface area contributed by atoms with E-state index in [1.54, 1.807) is 0 Å². The van der Waals surface area contributed by atoms with Gasteiger partial charge in [0.15, 0.2) is 0 Å². The van der Waals surface area contributed by atoms with Gasteiger partial charge in [0, 0.05) is 18.5 Å². The molecule has 0 unspecified atom stereocenters. The summed E-state index contributed by atoms with van der Waals surface area (Å²) in [5.41, 5.74) is 8.78. The first-order valence-corrected chi connectivity index (χ1v) is 6.92. The lowest BCUT2D eigenvalue weighted by atomic mass is 9.74. The smallest absolute Gasteiger partial charge is 0.0766 e. The van der Waals surface area contributed by atoms with Crippen molar-refractivity contribution in [2.45, 2.75) is 58.0 Å². The third kappa shape index (κ3) is 2.05. The van der Waals surface area contributed by atoms with E-state index < -0.39 is 0 Å². The van der Waals surface area contributed by atoms with Gasteiger partial charge in [-0.05, 0) is 48.5 Å². The highest BCUT2D eigenvalue weighted by Gasteiger charge is 2.34. The summed E-state index contributed by atoms with van der Waals surface area (Å²) in [6, 6.07) is 0. The fraction of sp³-hybridized carbons (Fsp3) is 0.750. The normalized spacial score (nSPS) is 18.5. The molecule has 1 aliphatic rings. The number of hydrogen-bond donors (Lipinski definition) is 1. The zero-order valence-electron chi connectivity index (χ0n) is 10.1. The molecule has 0 bridgehead atoms. The second-order valence-electron chi connectivity index (χ2n) is 4.77. The summed E-state index contributed by atoms with van der Waals surface area (Å²) in [7, 11) is 0. The Balaban J connectivity index is 2.27. The quantitative estimate of drug-likeness (QED) is 0.924. The predicted octanol–water partition coefficient (Wildman–Crippen LogP) is 2.65. The molecule has 16 heavy (non-hydrogen) atoms. The summed E-state index contributed by atoms with van der Waals surface area (Å²) >= 11 is 3.67. The van der Waals surface area contributed by atoms with Crippen LogP contribution in [0.25, 0.3) is 0 Å². The first-order chi connectivity index (χ1) is 7.59. The maximum atomic E-state index is 6.32. The number of nitrogens with zero attached hydrogens (tertiary/aromatic N) is 2. The van der Waals surface area contributed by atoms with Gasteiger partial charge in [-0.15, -0.1) is 0 Å². The van der Waals surface area contributed by atoms with Crippen LogP contribution in [0, 0.1) is 0 Å². The third-order valence-electron chi connectivity index (χ3n) is 3.56. The standard InChI is InChI=1S/C12H20BrN3/c1-3-9-11(13)10(16(4-2)15-9)8-12(14)6-5-7-12/h3-8,14H2,1-2H3. The molecule has 1 aliphatic carbocycles. The van der Waals surface area contributed by atoms with Crippen LogP contribution in [-0.2, 0) is 19.4 Å². The molecule has 0 amide bonds. The summed E-state index contributed by atoms with van der Waals surface area (Å²) < 4.78 is 3.27. The van der Waals surface area contributed by atoms with Gasteiger partial charge in [-0.2, -0.15) is 5.10 Å². The first-order valence-electron chi connectivity index (χ1n) is 6.12. The molecule has 1 aromatic heterocycles. The van der Waals surface area contributed by atoms with E-state index in [0.717, 1.165) is 37.9 Å². The van der Waals surface area contributed by atoms with Crippen LogP contribution in [0.2, 0.25) is 0 Å². The average Bonchev–Trinajstić information content (AvgIpc) is 2.53. The molecule has 4 heteroatoms. The van der Waals surface area contributed by atoms with Crippen LogP contribution in [0.15, 0.2) is 4.47 Å². The molecule has 0 spiro atoms. The Labute approximate surface area is 106 Å². The Kier molecular flexibility index (Phi) is 3.40. The van der Waals surface area contributed by atoms with E-state index in [4.69, 9.17) is 5.73 Å². The summed E-state index contributed by atoms with van der Waals surface area (Å²) in [4.78, 5) is 0. The van der Waals surface area contributed by atoms with Gasteiger partial charge >= 0.3 is 0 Å². The number of aromatic nitrogens is 2. The van der Waals surface area contributed by atoms with Crippen LogP contribution in [0.4, 0.5) is 0 Å². The largest absolute Gasteiger partial charge is 0.325 e. The fourth-order valence-corrected chi connectivity index (χ4v) is 3.03. The molecule has 3 nitrogen and oxygen atoms in total. The second kappa shape index (κ2) is 4.49. The van der Waals surface area contributed by atoms with E-state index in [-0.39, 0.29) is 5.54 Å². The van der Waals surface area contributed by atoms with Gasteiger partial charge in [0.25, 0.3) is 0 Å². The molecule has 90 valence electrons. The number of aryl methyl sites for hydroxylation is 2. The number of nitrogens with two attached hydrogens (primary N) is 1. The Morgan fingerprint density at radius 3 is 2.56 bits per heavy atom. The minimum atomic E-state index is 0.0283. The lowest BCUT2D eigenvalue weighted by molar-refractivity contribution is 0.242. The Hall–Kier alpha value is -0.350. The first kappa shape index (κ1) is 12.1. The van der Waals surface area contributed by atoms with E-state index >= 15 is 0 Å². The molecule has 2 N–H and O–H groups in total. The maximum absolute atomic E-state index is 6.32. The molecule has 0 atom stereocenters. The molecular formula is C12H20BrN3. The van der Waals surface area contributed by atoms with Crippen molar-refractivity contribution in [3.05, 3.63) is 15.9 Å². The van der Waals surface area contributed by atoms with Crippen molar-refractivity contribution >= 4 is 15.9 Å². The molecule has 1 heterocycles. The summed E-state index contributed by atoms with van der Waals surface area (Å²) in [6.07, 6.45) is 5.49. The summed E-state index contributed by atoms with van der Waals surface area (Å²) in [6.45, 7) is 5.19. The number of halogens is 1. The Morgan fingerprint density at radius 1 is 1.44 bits per heavy atom. The topological polar surface area (TPSA) is 43.8 Å². The molecule has 1 fully saturated rings. The molecule has 0 radical (unpaired) electrons. The van der Waals surface area contributed by atoms with Gasteiger partial charge in [-0.3, -0.25) is 4.68 Å². The number of rotatable bonds is 4. The van der Waals surface area contributed by atoms with E-state index in [1.165, 1.54) is 16.6 Å². The van der Waals surface area contributed by atoms with Crippen LogP contribution >= 0.6 is 15.9 Å². The zero-order valence-corrected chi connectivity index (χ0v) is 11.7. The van der Waals surface area contributed by atoms with Crippen molar-refractivity contribution in [1.29, 1.82) is 0 Å². The molecule has 1 aromatic rings. The predicted molar refractivity (Wildman–Crippen MR) is 69.5 cm³/mol. The highest BCUT2D eigenvalue weighted by Crippen LogP contribution is 2.35. The molecule has 2 rings (SSSR count). The van der Waals surface area contributed by atoms with Crippen molar-refractivity contribution in [2.24, 2.45) is 5.73 Å². The SMILES string of the molecule is CCc1nn(CC)c(CC2(N)CCC2)c1Br. The number of hydrogen-bond acceptors (Lipinski definition) is 2. The van der Waals surface area contributed by atoms with E-state index in [2.05, 4.69) is 39.6 Å². The molecule has 0 saturated heterocycles. The van der Waals surface area contributed by atoms with Crippen molar-refractivity contribution in [1.82, 2.24) is 9.78 Å². The third-order valence-corrected chi connectivity index (χ3v) is 4.48. The van der Waals surface area contributed by atoms with Gasteiger partial charge in [0.2, 0.25) is 0 Å². The van der Waals surface area contributed by atoms with Crippen molar-refractivity contribution in [3.8, 4) is 0 Å². The monoisotopic (exact) mass is 285 g/mol. The van der Waals surface area contributed by atoms with Crippen LogP contribution in [0.1, 0.15) is 44.5 Å². The van der Waals surface area contributed by atoms with E-state index in [9.17, 15) is 0 Å². The van der Waals surface area contributed by atoms with Crippen LogP contribution < -0.4 is 5.73 Å². The highest BCUT2D eigenvalue weighted by atomic mass is 79.9. The summed E-state index contributed by atoms with van der Waals surface area (Å²) in [5.74, 6) is 0. The van der Waals surface area contributed by atoms with Gasteiger partial charge in [-0.1, -0.05) is 6.92 Å². The second-order valence-corrected chi connectivity index (χ2v) is 5.56. The highest BCUT2D eigenvalue weighted by molar-refractivity contribution is 9.10. The fourth-order valence-electron chi connectivity index (χ4n) is 2.33. The van der Waals surface area contributed by atoms with E-state index in [1.807, 2.05) is 0 Å². The van der Waals surface area contributed by atoms with Crippen molar-refractivity contribution in [3.63, 3.8) is 0 Å². The molecule has 1 saturated carbocycles. The Bertz CT molecular complexity index is 380. The molecule has 0 aliphatic heterocycles. The minimum absolute atomic E-state index is 0.0283. The lowest BCUT2D eigenvalue weighted by Crippen LogP contribution is -2.48.